The molecule has 23 N–H and O–H groups in total. The van der Waals surface area contributed by atoms with E-state index in [-0.39, 0.29) is 95.0 Å². The Labute approximate surface area is 625 Å². The van der Waals surface area contributed by atoms with E-state index in [1.54, 1.807) is 48.7 Å². The summed E-state index contributed by atoms with van der Waals surface area (Å²) < 4.78 is 0. The zero-order valence-corrected chi connectivity index (χ0v) is 60.5. The molecule has 0 bridgehead atoms. The van der Waals surface area contributed by atoms with Gasteiger partial charge in [0.05, 0.1) is 25.3 Å². The molecule has 2 aliphatic heterocycles. The minimum absolute atomic E-state index is 0.0394. The molecule has 0 radical (unpaired) electrons. The summed E-state index contributed by atoms with van der Waals surface area (Å²) in [6.07, 6.45) is 3.66. The summed E-state index contributed by atoms with van der Waals surface area (Å²) in [4.78, 5) is 209. The number of nitrogens with zero attached hydrogens (tertiary/aromatic N) is 4. The third-order valence-corrected chi connectivity index (χ3v) is 18.9. The van der Waals surface area contributed by atoms with Gasteiger partial charge in [-0.1, -0.05) is 60.7 Å². The molecule has 2 aromatic heterocycles. The second-order valence-electron chi connectivity index (χ2n) is 26.0. The fourth-order valence-corrected chi connectivity index (χ4v) is 12.9. The van der Waals surface area contributed by atoms with Crippen LogP contribution in [0.25, 0.3) is 21.7 Å². The monoisotopic (exact) mass is 1520 g/mol. The summed E-state index contributed by atoms with van der Waals surface area (Å²) >= 11 is 8.43. The molecule has 3 aromatic carbocycles. The number of aromatic amines is 2. The van der Waals surface area contributed by atoms with Crippen LogP contribution in [0.2, 0.25) is 0 Å². The van der Waals surface area contributed by atoms with Crippen LogP contribution in [0.3, 0.4) is 0 Å². The van der Waals surface area contributed by atoms with Gasteiger partial charge in [-0.3, -0.25) is 72.1 Å². The van der Waals surface area contributed by atoms with Crippen molar-refractivity contribution in [2.24, 2.45) is 33.7 Å². The predicted molar refractivity (Wildman–Crippen MR) is 397 cm³/mol. The van der Waals surface area contributed by atoms with Crippen molar-refractivity contribution in [2.75, 3.05) is 44.2 Å². The fraction of sp³-hybridized carbons (Fsp3) is 0.478. The molecule has 2 fully saturated rings. The number of aromatic nitrogens is 3. The Morgan fingerprint density at radius 2 is 1.18 bits per heavy atom. The van der Waals surface area contributed by atoms with Crippen LogP contribution in [0, 0.1) is 0 Å². The summed E-state index contributed by atoms with van der Waals surface area (Å²) in [5, 5.41) is 44.5. The molecule has 12 amide bonds. The molecule has 36 nitrogen and oxygen atoms in total. The number of benzene rings is 3. The maximum Gasteiger partial charge on any atom is 0.305 e. The van der Waals surface area contributed by atoms with Gasteiger partial charge < -0.3 is 107 Å². The van der Waals surface area contributed by atoms with Crippen molar-refractivity contribution < 1.29 is 77.3 Å². The summed E-state index contributed by atoms with van der Waals surface area (Å²) in [6.45, 7) is -0.365. The molecule has 0 unspecified atom stereocenters. The van der Waals surface area contributed by atoms with Crippen molar-refractivity contribution in [1.82, 2.24) is 72.6 Å². The number of fused-ring (bicyclic) bond motifs is 2. The van der Waals surface area contributed by atoms with E-state index in [4.69, 9.17) is 28.7 Å². The molecule has 7 rings (SSSR count). The Balaban J connectivity index is 1.09. The lowest BCUT2D eigenvalue weighted by molar-refractivity contribution is -0.148. The molecular formula is C69H94N20O16S2. The largest absolute Gasteiger partial charge is 0.481 e. The second kappa shape index (κ2) is 41.2. The van der Waals surface area contributed by atoms with Gasteiger partial charge in [0.25, 0.3) is 0 Å². The van der Waals surface area contributed by atoms with Crippen LogP contribution in [0.15, 0.2) is 90.4 Å². The Hall–Kier alpha value is -10.9. The molecule has 0 aliphatic carbocycles. The van der Waals surface area contributed by atoms with E-state index in [2.05, 4.69) is 93.1 Å². The number of H-pyrrole nitrogens is 2. The smallest absolute Gasteiger partial charge is 0.305 e. The number of imidazole rings is 1. The molecule has 107 heavy (non-hydrogen) atoms. The number of rotatable bonds is 42. The average Bonchev–Trinajstić information content (AvgIpc) is 1.72. The van der Waals surface area contributed by atoms with Crippen molar-refractivity contribution in [1.29, 1.82) is 0 Å². The highest BCUT2D eigenvalue weighted by Crippen LogP contribution is 2.27. The van der Waals surface area contributed by atoms with Gasteiger partial charge >= 0.3 is 11.9 Å². The maximum atomic E-state index is 15.1. The minimum Gasteiger partial charge on any atom is -0.481 e. The quantitative estimate of drug-likeness (QED) is 0.00772. The first-order chi connectivity index (χ1) is 51.2. The SMILES string of the molecule is NCCCC[C@H](NC(=O)[C@@H]1CCCN1C(=O)[C@@H]1CCCN1C(=O)[C@H](CS)NC(=O)CNC(=O)[C@H](Cc1c[nH]c2ccccc12)NC(=O)[C@H](CCCN=C(N)N)NC(=O)[C@@H](Cc1ccc2ccccc2c1)NC(=O)[C@H](Cc1cnc[nH]1)NC(=O)[C@H](CCC(=O)O)NC(=O)[C@@H](N)CS)C(=O)N[C@@H](CC(=O)O)C(N)=O. The number of guanidine groups is 1. The number of nitrogens with two attached hydrogens (primary N) is 5. The Morgan fingerprint density at radius 3 is 1.81 bits per heavy atom. The van der Waals surface area contributed by atoms with Crippen molar-refractivity contribution in [2.45, 2.75) is 163 Å². The van der Waals surface area contributed by atoms with Crippen molar-refractivity contribution in [3.05, 3.63) is 102 Å². The van der Waals surface area contributed by atoms with E-state index in [1.807, 2.05) is 24.3 Å². The summed E-state index contributed by atoms with van der Waals surface area (Å²) in [5.74, 6) is -13.7. The van der Waals surface area contributed by atoms with Crippen LogP contribution in [0.4, 0.5) is 0 Å². The van der Waals surface area contributed by atoms with Crippen LogP contribution < -0.4 is 76.5 Å². The molecular weight excluding hydrogens is 1430 g/mol. The molecule has 0 saturated carbocycles. The first-order valence-corrected chi connectivity index (χ1v) is 36.2. The number of hydrogen-bond donors (Lipinski definition) is 20. The van der Waals surface area contributed by atoms with E-state index in [1.165, 1.54) is 22.3 Å². The van der Waals surface area contributed by atoms with Crippen LogP contribution in [0.5, 0.6) is 0 Å². The maximum absolute atomic E-state index is 15.1. The zero-order valence-electron chi connectivity index (χ0n) is 58.7. The molecule has 38 heteroatoms. The van der Waals surface area contributed by atoms with Gasteiger partial charge in [0, 0.05) is 85.8 Å². The van der Waals surface area contributed by atoms with Crippen LogP contribution in [-0.4, -0.2) is 234 Å². The first-order valence-electron chi connectivity index (χ1n) is 34.9. The number of para-hydroxylation sites is 1. The number of amides is 12. The molecule has 2 aliphatic rings. The predicted octanol–water partition coefficient (Wildman–Crippen LogP) is -3.76. The van der Waals surface area contributed by atoms with Crippen molar-refractivity contribution in [3.63, 3.8) is 0 Å². The van der Waals surface area contributed by atoms with Gasteiger partial charge in [-0.15, -0.1) is 0 Å². The highest BCUT2D eigenvalue weighted by atomic mass is 32.1. The Kier molecular flexibility index (Phi) is 32.1. The van der Waals surface area contributed by atoms with Gasteiger partial charge in [-0.2, -0.15) is 25.3 Å². The molecule has 4 heterocycles. The second-order valence-corrected chi connectivity index (χ2v) is 26.7. The van der Waals surface area contributed by atoms with Crippen LogP contribution in [0.1, 0.15) is 93.9 Å². The standard InChI is InChI=1S/C69H94N20O16S2/c70-22-6-5-14-45(61(98)84-48(58(72)95)30-57(93)94)83-66(103)53-16-8-24-88(53)68(105)54-17-9-25-89(54)67(104)52(35-107)80-55(90)33-78-60(97)50(28-40-31-77-44-13-4-3-12-42(40)44)86-62(99)46(15-7-23-76-69(73)74)82-64(101)49(27-37-18-19-38-10-1-2-11-39(38)26-37)85-65(102)51(29-41-32-75-36-79-41)87-63(100)47(20-21-56(91)92)81-59(96)43(71)34-106/h1-4,10-13,18-19,26,31-32,36,43,45-54,77,106-107H,5-9,14-17,20-25,27-30,33-35,70-71H2,(H2,72,95)(H,75,79)(H,78,97)(H,80,90)(H,81,96)(H,82,101)(H,83,103)(H,84,98)(H,85,102)(H,86,99)(H,87,100)(H,91,92)(H,93,94)(H4,73,74,76)/t43-,45-,46-,47-,48-,49+,50-,51-,52-,53-,54-/m0/s1. The van der Waals surface area contributed by atoms with E-state index in [9.17, 15) is 67.7 Å². The Morgan fingerprint density at radius 1 is 0.589 bits per heavy atom. The van der Waals surface area contributed by atoms with E-state index in [0.717, 1.165) is 10.8 Å². The number of carbonyl (C=O) groups is 14. The normalized spacial score (nSPS) is 16.6. The number of aliphatic imine (C=N–C) groups is 1. The number of carboxylic acids is 2. The lowest BCUT2D eigenvalue weighted by Gasteiger charge is -2.33. The molecule has 5 aromatic rings. The fourth-order valence-electron chi connectivity index (χ4n) is 12.5. The lowest BCUT2D eigenvalue weighted by Crippen LogP contribution is -2.60. The zero-order chi connectivity index (χ0) is 77.9. The number of carbonyl (C=O) groups excluding carboxylic acids is 12. The first kappa shape index (κ1) is 83.4. The number of carboxylic acid groups (broad SMARTS) is 2. The highest BCUT2D eigenvalue weighted by Gasteiger charge is 2.45. The minimum atomic E-state index is -1.58. The highest BCUT2D eigenvalue weighted by molar-refractivity contribution is 7.80. The van der Waals surface area contributed by atoms with Gasteiger partial charge in [0.1, 0.15) is 60.4 Å². The van der Waals surface area contributed by atoms with Gasteiger partial charge in [0.15, 0.2) is 5.96 Å². The van der Waals surface area contributed by atoms with Crippen molar-refractivity contribution >= 4 is 136 Å². The lowest BCUT2D eigenvalue weighted by atomic mass is 9.99. The van der Waals surface area contributed by atoms with Gasteiger partial charge in [-0.05, 0) is 98.7 Å². The number of primary amides is 1. The summed E-state index contributed by atoms with van der Waals surface area (Å²) in [5.41, 5.74) is 30.3. The number of likely N-dealkylation sites (tertiary alicyclic amines) is 2. The average molecular weight is 1520 g/mol. The third kappa shape index (κ3) is 24.9. The number of nitrogens with one attached hydrogen (secondary N) is 11. The van der Waals surface area contributed by atoms with Crippen LogP contribution >= 0.6 is 25.3 Å². The van der Waals surface area contributed by atoms with E-state index < -0.39 is 175 Å². The van der Waals surface area contributed by atoms with Crippen LogP contribution in [-0.2, 0) is 86.4 Å². The number of thiol groups is 2. The number of hydrogen-bond acceptors (Lipinski definition) is 20. The molecule has 11 atom stereocenters. The number of unbranched alkanes of at least 4 members (excludes halogenated alkanes) is 1. The van der Waals surface area contributed by atoms with Gasteiger partial charge in [-0.25, -0.2) is 4.98 Å². The number of aliphatic carboxylic acids is 2. The van der Waals surface area contributed by atoms with E-state index >= 15 is 9.59 Å². The summed E-state index contributed by atoms with van der Waals surface area (Å²) in [7, 11) is 0. The Bertz CT molecular complexity index is 4030. The van der Waals surface area contributed by atoms with Crippen molar-refractivity contribution in [3.8, 4) is 0 Å². The van der Waals surface area contributed by atoms with Gasteiger partial charge in [0.2, 0.25) is 70.9 Å². The third-order valence-electron chi connectivity index (χ3n) is 18.1. The molecule has 578 valence electrons. The molecule has 0 spiro atoms. The molecule has 2 saturated heterocycles. The summed E-state index contributed by atoms with van der Waals surface area (Å²) in [6, 6.07) is 4.56. The van der Waals surface area contributed by atoms with E-state index in [0.29, 0.717) is 53.4 Å². The topological polar surface area (TPSA) is 581 Å².